The van der Waals surface area contributed by atoms with Crippen molar-refractivity contribution in [2.24, 2.45) is 11.7 Å². The summed E-state index contributed by atoms with van der Waals surface area (Å²) in [5, 5.41) is 8.90. The lowest BCUT2D eigenvalue weighted by molar-refractivity contribution is -0.156. The summed E-state index contributed by atoms with van der Waals surface area (Å²) in [5.41, 5.74) is 4.78. The molecular weight excluding hydrogens is 216 g/mol. The number of nitriles is 1. The molecule has 0 spiro atoms. The minimum absolute atomic E-state index is 0.149. The second-order valence-electron chi connectivity index (χ2n) is 6.00. The third-order valence-electron chi connectivity index (χ3n) is 3.10. The van der Waals surface area contributed by atoms with Crippen molar-refractivity contribution < 1.29 is 9.53 Å². The van der Waals surface area contributed by atoms with Crippen molar-refractivity contribution in [3.63, 3.8) is 0 Å². The maximum atomic E-state index is 11.6. The van der Waals surface area contributed by atoms with Crippen LogP contribution in [-0.4, -0.2) is 17.1 Å². The van der Waals surface area contributed by atoms with Gasteiger partial charge in [-0.05, 0) is 52.4 Å². The highest BCUT2D eigenvalue weighted by atomic mass is 16.6. The molecule has 0 aliphatic heterocycles. The summed E-state index contributed by atoms with van der Waals surface area (Å²) < 4.78 is 5.28. The van der Waals surface area contributed by atoms with Crippen LogP contribution in [0.3, 0.4) is 0 Å². The van der Waals surface area contributed by atoms with Crippen LogP contribution in [0.4, 0.5) is 0 Å². The number of nitrogens with two attached hydrogens (primary N) is 1. The molecule has 0 atom stereocenters. The van der Waals surface area contributed by atoms with Crippen LogP contribution < -0.4 is 5.73 Å². The van der Waals surface area contributed by atoms with Crippen molar-refractivity contribution in [1.29, 1.82) is 5.26 Å². The largest absolute Gasteiger partial charge is 0.460 e. The van der Waals surface area contributed by atoms with E-state index < -0.39 is 11.1 Å². The zero-order valence-electron chi connectivity index (χ0n) is 11.0. The van der Waals surface area contributed by atoms with Crippen molar-refractivity contribution >= 4 is 5.97 Å². The number of rotatable bonds is 2. The first-order valence-corrected chi connectivity index (χ1v) is 6.16. The van der Waals surface area contributed by atoms with E-state index in [0.29, 0.717) is 25.2 Å². The van der Waals surface area contributed by atoms with Crippen LogP contribution in [0.2, 0.25) is 0 Å². The average Bonchev–Trinajstić information content (AvgIpc) is 2.19. The van der Waals surface area contributed by atoms with E-state index in [1.54, 1.807) is 0 Å². The van der Waals surface area contributed by atoms with Gasteiger partial charge in [0.2, 0.25) is 0 Å². The second-order valence-corrected chi connectivity index (χ2v) is 6.00. The van der Waals surface area contributed by atoms with Gasteiger partial charge in [0.25, 0.3) is 0 Å². The first-order chi connectivity index (χ1) is 7.74. The van der Waals surface area contributed by atoms with Crippen molar-refractivity contribution in [2.45, 2.75) is 64.0 Å². The van der Waals surface area contributed by atoms with Crippen LogP contribution in [0.1, 0.15) is 52.9 Å². The Hall–Kier alpha value is -1.08. The van der Waals surface area contributed by atoms with Gasteiger partial charge in [0.05, 0.1) is 6.07 Å². The van der Waals surface area contributed by atoms with Crippen LogP contribution in [0, 0.1) is 17.2 Å². The summed E-state index contributed by atoms with van der Waals surface area (Å²) in [6.07, 6.45) is 3.47. The van der Waals surface area contributed by atoms with Gasteiger partial charge < -0.3 is 10.5 Å². The fourth-order valence-corrected chi connectivity index (χ4v) is 2.13. The molecule has 1 aliphatic carbocycles. The molecule has 1 fully saturated rings. The minimum Gasteiger partial charge on any atom is -0.460 e. The van der Waals surface area contributed by atoms with E-state index in [4.69, 9.17) is 15.7 Å². The number of carbonyl (C=O) groups excluding carboxylic acids is 1. The maximum absolute atomic E-state index is 11.6. The lowest BCUT2D eigenvalue weighted by atomic mass is 9.77. The number of nitrogens with zero attached hydrogens (tertiary/aromatic N) is 1. The molecule has 0 bridgehead atoms. The molecule has 4 heteroatoms. The molecule has 0 amide bonds. The van der Waals surface area contributed by atoms with Crippen LogP contribution in [0.5, 0.6) is 0 Å². The smallest absolute Gasteiger partial charge is 0.306 e. The monoisotopic (exact) mass is 238 g/mol. The van der Waals surface area contributed by atoms with E-state index in [1.165, 1.54) is 0 Å². The third kappa shape index (κ3) is 4.74. The number of ether oxygens (including phenoxy) is 1. The molecule has 1 rings (SSSR count). The van der Waals surface area contributed by atoms with Crippen LogP contribution in [0.15, 0.2) is 0 Å². The lowest BCUT2D eigenvalue weighted by Crippen LogP contribution is -2.42. The highest BCUT2D eigenvalue weighted by molar-refractivity contribution is 5.70. The third-order valence-corrected chi connectivity index (χ3v) is 3.10. The van der Waals surface area contributed by atoms with E-state index >= 15 is 0 Å². The molecule has 0 unspecified atom stereocenters. The van der Waals surface area contributed by atoms with E-state index in [2.05, 4.69) is 6.07 Å². The molecule has 0 aromatic carbocycles. The molecule has 96 valence electrons. The summed E-state index contributed by atoms with van der Waals surface area (Å²) >= 11 is 0. The Balaban J connectivity index is 2.37. The SMILES string of the molecule is CC(C)(C)OC(=O)CC1CCC(N)(C#N)CC1. The van der Waals surface area contributed by atoms with E-state index in [-0.39, 0.29) is 5.97 Å². The fourth-order valence-electron chi connectivity index (χ4n) is 2.13. The van der Waals surface area contributed by atoms with Crippen molar-refractivity contribution in [2.75, 3.05) is 0 Å². The number of hydrogen-bond donors (Lipinski definition) is 1. The Labute approximate surface area is 103 Å². The predicted octanol–water partition coefficient (Wildman–Crippen LogP) is 2.13. The summed E-state index contributed by atoms with van der Waals surface area (Å²) in [6.45, 7) is 5.60. The molecule has 4 nitrogen and oxygen atoms in total. The van der Waals surface area contributed by atoms with Crippen LogP contribution >= 0.6 is 0 Å². The van der Waals surface area contributed by atoms with Gasteiger partial charge in [-0.15, -0.1) is 0 Å². The Morgan fingerprint density at radius 3 is 2.41 bits per heavy atom. The van der Waals surface area contributed by atoms with E-state index in [1.807, 2.05) is 20.8 Å². The molecule has 17 heavy (non-hydrogen) atoms. The minimum atomic E-state index is -0.676. The quantitative estimate of drug-likeness (QED) is 0.748. The molecule has 1 aliphatic rings. The molecule has 0 radical (unpaired) electrons. The van der Waals surface area contributed by atoms with Gasteiger partial charge in [-0.25, -0.2) is 0 Å². The molecule has 0 aromatic rings. The van der Waals surface area contributed by atoms with Gasteiger partial charge in [0.15, 0.2) is 0 Å². The van der Waals surface area contributed by atoms with Gasteiger partial charge in [-0.2, -0.15) is 5.26 Å². The normalized spacial score (nSPS) is 29.5. The first kappa shape index (κ1) is 14.0. The maximum Gasteiger partial charge on any atom is 0.306 e. The Morgan fingerprint density at radius 2 is 2.00 bits per heavy atom. The number of hydrogen-bond acceptors (Lipinski definition) is 4. The topological polar surface area (TPSA) is 76.1 Å². The summed E-state index contributed by atoms with van der Waals surface area (Å²) in [7, 11) is 0. The van der Waals surface area contributed by atoms with E-state index in [9.17, 15) is 4.79 Å². The van der Waals surface area contributed by atoms with Crippen molar-refractivity contribution in [1.82, 2.24) is 0 Å². The van der Waals surface area contributed by atoms with Crippen LogP contribution in [0.25, 0.3) is 0 Å². The average molecular weight is 238 g/mol. The molecular formula is C13H22N2O2. The summed E-state index contributed by atoms with van der Waals surface area (Å²) in [4.78, 5) is 11.6. The van der Waals surface area contributed by atoms with Gasteiger partial charge >= 0.3 is 5.97 Å². The first-order valence-electron chi connectivity index (χ1n) is 6.16. The standard InChI is InChI=1S/C13H22N2O2/c1-12(2,3)17-11(16)8-10-4-6-13(15,9-14)7-5-10/h10H,4-8,15H2,1-3H3. The van der Waals surface area contributed by atoms with Gasteiger partial charge in [-0.3, -0.25) is 4.79 Å². The van der Waals surface area contributed by atoms with E-state index in [0.717, 1.165) is 12.8 Å². The van der Waals surface area contributed by atoms with Gasteiger partial charge in [0, 0.05) is 6.42 Å². The number of esters is 1. The number of carbonyl (C=O) groups is 1. The highest BCUT2D eigenvalue weighted by Gasteiger charge is 2.33. The van der Waals surface area contributed by atoms with Gasteiger partial charge in [-0.1, -0.05) is 0 Å². The Bertz CT molecular complexity index is 317. The zero-order valence-corrected chi connectivity index (χ0v) is 11.0. The highest BCUT2D eigenvalue weighted by Crippen LogP contribution is 2.32. The zero-order chi connectivity index (χ0) is 13.1. The predicted molar refractivity (Wildman–Crippen MR) is 65.0 cm³/mol. The molecule has 0 heterocycles. The van der Waals surface area contributed by atoms with Gasteiger partial charge in [0.1, 0.15) is 11.1 Å². The second kappa shape index (κ2) is 5.05. The van der Waals surface area contributed by atoms with Crippen LogP contribution in [-0.2, 0) is 9.53 Å². The van der Waals surface area contributed by atoms with Crippen molar-refractivity contribution in [3.05, 3.63) is 0 Å². The lowest BCUT2D eigenvalue weighted by Gasteiger charge is -2.31. The molecule has 1 saturated carbocycles. The van der Waals surface area contributed by atoms with Crippen molar-refractivity contribution in [3.8, 4) is 6.07 Å². The summed E-state index contributed by atoms with van der Waals surface area (Å²) in [5.74, 6) is 0.166. The molecule has 0 aromatic heterocycles. The Kier molecular flexibility index (Phi) is 4.16. The molecule has 2 N–H and O–H groups in total. The Morgan fingerprint density at radius 1 is 1.47 bits per heavy atom. The fraction of sp³-hybridized carbons (Fsp3) is 0.846. The summed E-state index contributed by atoms with van der Waals surface area (Å²) in [6, 6.07) is 2.15. The molecule has 0 saturated heterocycles.